The van der Waals surface area contributed by atoms with Crippen molar-refractivity contribution in [1.82, 2.24) is 9.80 Å². The van der Waals surface area contributed by atoms with Gasteiger partial charge >= 0.3 is 0 Å². The fraction of sp³-hybridized carbons (Fsp3) is 0.579. The summed E-state index contributed by atoms with van der Waals surface area (Å²) in [4.78, 5) is 16.6. The molecule has 0 N–H and O–H groups in total. The average Bonchev–Trinajstić information content (AvgIpc) is 3.10. The Kier molecular flexibility index (Phi) is 5.67. The molecule has 3 rings (SSSR count). The van der Waals surface area contributed by atoms with Crippen molar-refractivity contribution in [3.63, 3.8) is 0 Å². The van der Waals surface area contributed by atoms with Gasteiger partial charge in [-0.3, -0.25) is 9.69 Å². The van der Waals surface area contributed by atoms with Crippen LogP contribution in [0.2, 0.25) is 0 Å². The molecule has 0 radical (unpaired) electrons. The minimum Gasteiger partial charge on any atom is -0.375 e. The van der Waals surface area contributed by atoms with Crippen LogP contribution in [-0.2, 0) is 16.1 Å². The Bertz CT molecular complexity index is 673. The van der Waals surface area contributed by atoms with Gasteiger partial charge in [-0.25, -0.2) is 4.39 Å². The Balaban J connectivity index is 1.64. The first kappa shape index (κ1) is 17.8. The zero-order valence-electron chi connectivity index (χ0n) is 14.6. The van der Waals surface area contributed by atoms with Crippen LogP contribution in [0.5, 0.6) is 0 Å². The number of ether oxygens (including phenoxy) is 1. The van der Waals surface area contributed by atoms with Crippen LogP contribution in [0.25, 0.3) is 0 Å². The maximum Gasteiger partial charge on any atom is 0.237 e. The van der Waals surface area contributed by atoms with Crippen molar-refractivity contribution in [2.75, 3.05) is 26.2 Å². The van der Waals surface area contributed by atoms with E-state index in [2.05, 4.69) is 4.90 Å². The molecule has 1 aliphatic heterocycles. The predicted molar refractivity (Wildman–Crippen MR) is 91.2 cm³/mol. The summed E-state index contributed by atoms with van der Waals surface area (Å²) in [6, 6.07) is 6.65. The molecule has 134 valence electrons. The van der Waals surface area contributed by atoms with Gasteiger partial charge in [0, 0.05) is 31.2 Å². The molecule has 1 saturated carbocycles. The van der Waals surface area contributed by atoms with Crippen molar-refractivity contribution in [1.29, 1.82) is 5.26 Å². The van der Waals surface area contributed by atoms with E-state index in [4.69, 9.17) is 10.00 Å². The molecule has 0 unspecified atom stereocenters. The molecule has 25 heavy (non-hydrogen) atoms. The summed E-state index contributed by atoms with van der Waals surface area (Å²) in [5.41, 5.74) is 0.728. The third-order valence-corrected chi connectivity index (χ3v) is 5.21. The Morgan fingerprint density at radius 1 is 1.48 bits per heavy atom. The van der Waals surface area contributed by atoms with Crippen LogP contribution in [0.4, 0.5) is 4.39 Å². The van der Waals surface area contributed by atoms with Crippen LogP contribution in [0.1, 0.15) is 37.3 Å². The number of hydrogen-bond donors (Lipinski definition) is 0. The fourth-order valence-electron chi connectivity index (χ4n) is 3.80. The molecular weight excluding hydrogens is 321 g/mol. The van der Waals surface area contributed by atoms with E-state index in [0.29, 0.717) is 31.3 Å². The maximum atomic E-state index is 14.1. The average molecular weight is 345 g/mol. The number of nitriles is 1. The smallest absolute Gasteiger partial charge is 0.237 e. The third-order valence-electron chi connectivity index (χ3n) is 5.21. The van der Waals surface area contributed by atoms with E-state index in [1.54, 1.807) is 17.0 Å². The van der Waals surface area contributed by atoms with Crippen molar-refractivity contribution in [3.05, 3.63) is 35.1 Å². The van der Waals surface area contributed by atoms with E-state index < -0.39 is 5.82 Å². The molecule has 1 saturated heterocycles. The summed E-state index contributed by atoms with van der Waals surface area (Å²) in [6.45, 7) is 4.45. The monoisotopic (exact) mass is 345 g/mol. The highest BCUT2D eigenvalue weighted by atomic mass is 19.1. The van der Waals surface area contributed by atoms with Gasteiger partial charge < -0.3 is 9.64 Å². The summed E-state index contributed by atoms with van der Waals surface area (Å²) < 4.78 is 19.9. The lowest BCUT2D eigenvalue weighted by atomic mass is 10.1. The second-order valence-corrected chi connectivity index (χ2v) is 6.70. The number of amides is 1. The second kappa shape index (κ2) is 7.94. The number of rotatable bonds is 5. The van der Waals surface area contributed by atoms with E-state index in [9.17, 15) is 9.18 Å². The van der Waals surface area contributed by atoms with Gasteiger partial charge in [-0.15, -0.1) is 0 Å². The lowest BCUT2D eigenvalue weighted by molar-refractivity contribution is -0.136. The van der Waals surface area contributed by atoms with E-state index >= 15 is 0 Å². The Labute approximate surface area is 148 Å². The molecular formula is C19H24FN3O2. The van der Waals surface area contributed by atoms with Gasteiger partial charge in [-0.05, 0) is 38.3 Å². The number of hydrogen-bond acceptors (Lipinski definition) is 4. The summed E-state index contributed by atoms with van der Waals surface area (Å²) in [5, 5.41) is 8.83. The molecule has 1 aliphatic carbocycles. The van der Waals surface area contributed by atoms with Crippen LogP contribution < -0.4 is 0 Å². The van der Waals surface area contributed by atoms with Gasteiger partial charge in [-0.2, -0.15) is 5.26 Å². The predicted octanol–water partition coefficient (Wildman–Crippen LogP) is 2.30. The summed E-state index contributed by atoms with van der Waals surface area (Å²) in [6.07, 6.45) is 3.55. The fourth-order valence-corrected chi connectivity index (χ4v) is 3.80. The molecule has 2 atom stereocenters. The summed E-state index contributed by atoms with van der Waals surface area (Å²) in [7, 11) is 0. The van der Waals surface area contributed by atoms with Gasteiger partial charge in [0.25, 0.3) is 0 Å². The van der Waals surface area contributed by atoms with Crippen LogP contribution in [0.3, 0.4) is 0 Å². The highest BCUT2D eigenvalue weighted by molar-refractivity contribution is 5.78. The molecule has 1 aromatic rings. The molecule has 0 bridgehead atoms. The number of nitrogens with zero attached hydrogens (tertiary/aromatic N) is 3. The lowest BCUT2D eigenvalue weighted by Gasteiger charge is -2.38. The van der Waals surface area contributed by atoms with Crippen LogP contribution >= 0.6 is 0 Å². The maximum absolute atomic E-state index is 14.1. The lowest BCUT2D eigenvalue weighted by Crippen LogP contribution is -2.52. The van der Waals surface area contributed by atoms with Crippen molar-refractivity contribution in [3.8, 4) is 6.07 Å². The number of carbonyl (C=O) groups is 1. The first-order valence-electron chi connectivity index (χ1n) is 8.94. The number of carbonyl (C=O) groups excluding carboxylic acids is 1. The molecule has 2 aliphatic rings. The molecule has 6 heteroatoms. The van der Waals surface area contributed by atoms with Crippen molar-refractivity contribution in [2.45, 2.75) is 44.9 Å². The number of fused-ring (bicyclic) bond motifs is 1. The molecule has 2 fully saturated rings. The van der Waals surface area contributed by atoms with Crippen molar-refractivity contribution in [2.24, 2.45) is 0 Å². The number of likely N-dealkylation sites (N-methyl/N-ethyl adjacent to an activating group) is 1. The van der Waals surface area contributed by atoms with Crippen molar-refractivity contribution < 1.29 is 13.9 Å². The molecule has 1 amide bonds. The standard InChI is InChI=1S/C19H24FN3O2/c1-2-22(12-15-7-6-14(11-21)10-16(15)20)19(24)13-23-8-9-25-18-5-3-4-17(18)23/h6-7,10,17-18H,2-5,8-9,12-13H2,1H3/t17-,18-/m1/s1. The van der Waals surface area contributed by atoms with Crippen molar-refractivity contribution >= 4 is 5.91 Å². The van der Waals surface area contributed by atoms with Gasteiger partial charge in [0.1, 0.15) is 5.82 Å². The highest BCUT2D eigenvalue weighted by Gasteiger charge is 2.37. The van der Waals surface area contributed by atoms with E-state index in [1.807, 2.05) is 13.0 Å². The molecule has 1 heterocycles. The minimum atomic E-state index is -0.437. The van der Waals surface area contributed by atoms with Gasteiger partial charge in [0.2, 0.25) is 5.91 Å². The largest absolute Gasteiger partial charge is 0.375 e. The topological polar surface area (TPSA) is 56.6 Å². The number of benzene rings is 1. The normalized spacial score (nSPS) is 23.1. The van der Waals surface area contributed by atoms with Crippen LogP contribution in [0, 0.1) is 17.1 Å². The van der Waals surface area contributed by atoms with Crippen LogP contribution in [-0.4, -0.2) is 54.1 Å². The second-order valence-electron chi connectivity index (χ2n) is 6.70. The Hall–Kier alpha value is -1.97. The minimum absolute atomic E-state index is 0.0128. The highest BCUT2D eigenvalue weighted by Crippen LogP contribution is 2.29. The number of morpholine rings is 1. The third kappa shape index (κ3) is 4.00. The quantitative estimate of drug-likeness (QED) is 0.822. The van der Waals surface area contributed by atoms with Gasteiger partial charge in [0.15, 0.2) is 0 Å². The van der Waals surface area contributed by atoms with Gasteiger partial charge in [0.05, 0.1) is 30.9 Å². The van der Waals surface area contributed by atoms with E-state index in [0.717, 1.165) is 25.8 Å². The molecule has 0 spiro atoms. The first-order valence-corrected chi connectivity index (χ1v) is 8.94. The zero-order valence-corrected chi connectivity index (χ0v) is 14.6. The Morgan fingerprint density at radius 3 is 3.04 bits per heavy atom. The zero-order chi connectivity index (χ0) is 17.8. The first-order chi connectivity index (χ1) is 12.1. The molecule has 1 aromatic carbocycles. The van der Waals surface area contributed by atoms with Gasteiger partial charge in [-0.1, -0.05) is 6.07 Å². The SMILES string of the molecule is CCN(Cc1ccc(C#N)cc1F)C(=O)CN1CCO[C@@H]2CCC[C@H]21. The van der Waals surface area contributed by atoms with E-state index in [1.165, 1.54) is 6.07 Å². The van der Waals surface area contributed by atoms with Crippen LogP contribution in [0.15, 0.2) is 18.2 Å². The molecule has 0 aromatic heterocycles. The Morgan fingerprint density at radius 2 is 2.32 bits per heavy atom. The number of halogens is 1. The van der Waals surface area contributed by atoms with E-state index in [-0.39, 0.29) is 24.1 Å². The summed E-state index contributed by atoms with van der Waals surface area (Å²) in [5.74, 6) is -0.425. The molecule has 5 nitrogen and oxygen atoms in total. The summed E-state index contributed by atoms with van der Waals surface area (Å²) >= 11 is 0.